The number of carbonyl (C=O) groups excluding carboxylic acids is 2. The van der Waals surface area contributed by atoms with Gasteiger partial charge in [0.1, 0.15) is 24.1 Å². The third kappa shape index (κ3) is 9.84. The van der Waals surface area contributed by atoms with Crippen LogP contribution >= 0.6 is 19.4 Å². The number of urea groups is 1. The van der Waals surface area contributed by atoms with Crippen molar-refractivity contribution in [1.82, 2.24) is 15.2 Å². The first kappa shape index (κ1) is 34.1. The average molecular weight is 643 g/mol. The second kappa shape index (κ2) is 14.9. The van der Waals surface area contributed by atoms with Gasteiger partial charge in [0.15, 0.2) is 0 Å². The summed E-state index contributed by atoms with van der Waals surface area (Å²) in [4.78, 5) is 31.3. The Morgan fingerprint density at radius 2 is 1.84 bits per heavy atom. The number of aromatic nitrogens is 1. The van der Waals surface area contributed by atoms with Crippen LogP contribution in [0, 0.1) is 17.0 Å². The lowest BCUT2D eigenvalue weighted by molar-refractivity contribution is 0.0633. The van der Waals surface area contributed by atoms with E-state index >= 15 is 0 Å². The maximum absolute atomic E-state index is 13.8. The zero-order valence-electron chi connectivity index (χ0n) is 24.4. The van der Waals surface area contributed by atoms with E-state index in [2.05, 4.69) is 15.6 Å². The van der Waals surface area contributed by atoms with Gasteiger partial charge in [0, 0.05) is 39.4 Å². The molecule has 3 aromatic rings. The molecule has 0 fully saturated rings. The van der Waals surface area contributed by atoms with Crippen LogP contribution in [0.25, 0.3) is 10.8 Å². The molecule has 0 aliphatic carbocycles. The number of nitrogens with one attached hydrogen (secondary N) is 2. The van der Waals surface area contributed by atoms with Crippen molar-refractivity contribution >= 4 is 48.1 Å². The molecule has 11 nitrogen and oxygen atoms in total. The van der Waals surface area contributed by atoms with E-state index in [0.29, 0.717) is 16.3 Å². The first-order valence-corrected chi connectivity index (χ1v) is 14.9. The van der Waals surface area contributed by atoms with Crippen LogP contribution in [0.15, 0.2) is 48.7 Å². The lowest BCUT2D eigenvalue weighted by Crippen LogP contribution is -2.48. The van der Waals surface area contributed by atoms with Gasteiger partial charge in [-0.2, -0.15) is 0 Å². The predicted octanol–water partition coefficient (Wildman–Crippen LogP) is 6.76. The van der Waals surface area contributed by atoms with Crippen molar-refractivity contribution in [1.29, 1.82) is 0 Å². The highest BCUT2D eigenvalue weighted by molar-refractivity contribution is 7.48. The number of ether oxygens (including phenoxy) is 1. The summed E-state index contributed by atoms with van der Waals surface area (Å²) in [5, 5.41) is 6.29. The summed E-state index contributed by atoms with van der Waals surface area (Å²) < 4.78 is 60.4. The van der Waals surface area contributed by atoms with Gasteiger partial charge in [-0.25, -0.2) is 27.9 Å². The Labute approximate surface area is 253 Å². The summed E-state index contributed by atoms with van der Waals surface area (Å²) in [6.45, 7) is 3.20. The molecule has 2 N–H and O–H groups in total. The molecule has 234 valence electrons. The topological polar surface area (TPSA) is 128 Å². The Bertz CT molecular complexity index is 1490. The molecule has 0 aliphatic heterocycles. The van der Waals surface area contributed by atoms with Crippen molar-refractivity contribution < 1.29 is 41.2 Å². The Hall–Kier alpha value is -3.35. The van der Waals surface area contributed by atoms with E-state index in [4.69, 9.17) is 29.9 Å². The van der Waals surface area contributed by atoms with Crippen LogP contribution in [0.4, 0.5) is 24.2 Å². The molecular formula is C28H34ClF2N4O7P. The molecule has 15 heteroatoms. The van der Waals surface area contributed by atoms with Gasteiger partial charge in [-0.3, -0.25) is 18.9 Å². The van der Waals surface area contributed by atoms with Crippen molar-refractivity contribution in [3.8, 4) is 0 Å². The number of likely N-dealkylation sites (N-methyl/N-ethyl adjacent to an activating group) is 1. The van der Waals surface area contributed by atoms with Crippen molar-refractivity contribution in [2.45, 2.75) is 32.9 Å². The van der Waals surface area contributed by atoms with Gasteiger partial charge in [-0.15, -0.1) is 0 Å². The number of benzene rings is 2. The minimum atomic E-state index is -3.77. The van der Waals surface area contributed by atoms with Gasteiger partial charge < -0.3 is 15.0 Å². The molecule has 1 unspecified atom stereocenters. The number of phosphoric ester groups is 1. The number of phosphoric acid groups is 1. The molecule has 0 radical (unpaired) electrons. The molecule has 2 aromatic carbocycles. The summed E-state index contributed by atoms with van der Waals surface area (Å²) in [5.41, 5.74) is -0.344. The Balaban J connectivity index is 1.71. The SMILES string of the molecule is COP(=O)(OC)OCC(C)(C)CC(COC(=O)Nc1cc2cc(F)ccc2cn1)N(C)C(=O)NCc1cccc(F)c1Cl. The standard InChI is InChI=1S/C28H34ClF2N4O7P/c1-28(2,17-42-43(38,39-4)40-5)13-22(35(3)26(36)33-15-19-7-6-8-23(31)25(19)29)16-41-27(37)34-24-12-20-11-21(30)10-9-18(20)14-32-24/h6-12,14,22H,13,15-17H2,1-5H3,(H,33,36)(H,32,34,37). The summed E-state index contributed by atoms with van der Waals surface area (Å²) in [6.07, 6.45) is 0.842. The molecular weight excluding hydrogens is 609 g/mol. The molecule has 1 aromatic heterocycles. The van der Waals surface area contributed by atoms with Crippen LogP contribution in [0.5, 0.6) is 0 Å². The fraction of sp³-hybridized carbons (Fsp3) is 0.393. The van der Waals surface area contributed by atoms with Gasteiger partial charge in [-0.1, -0.05) is 37.6 Å². The normalized spacial score (nSPS) is 12.6. The fourth-order valence-electron chi connectivity index (χ4n) is 4.08. The average Bonchev–Trinajstić information content (AvgIpc) is 2.98. The molecule has 0 aliphatic rings. The van der Waals surface area contributed by atoms with Crippen molar-refractivity contribution in [2.24, 2.45) is 5.41 Å². The molecule has 0 saturated carbocycles. The van der Waals surface area contributed by atoms with Crippen LogP contribution in [0.1, 0.15) is 25.8 Å². The number of fused-ring (bicyclic) bond motifs is 1. The highest BCUT2D eigenvalue weighted by Gasteiger charge is 2.33. The predicted molar refractivity (Wildman–Crippen MR) is 158 cm³/mol. The first-order valence-electron chi connectivity index (χ1n) is 13.0. The van der Waals surface area contributed by atoms with E-state index in [1.165, 1.54) is 62.7 Å². The summed E-state index contributed by atoms with van der Waals surface area (Å²) in [7, 11) is 0.112. The van der Waals surface area contributed by atoms with Crippen molar-refractivity contribution in [3.63, 3.8) is 0 Å². The van der Waals surface area contributed by atoms with Crippen LogP contribution in [0.2, 0.25) is 5.02 Å². The second-order valence-electron chi connectivity index (χ2n) is 10.4. The number of carbonyl (C=O) groups is 2. The van der Waals surface area contributed by atoms with Gasteiger partial charge >= 0.3 is 19.9 Å². The third-order valence-corrected chi connectivity index (χ3v) is 8.26. The van der Waals surface area contributed by atoms with Gasteiger partial charge in [-0.05, 0) is 53.1 Å². The molecule has 0 bridgehead atoms. The lowest BCUT2D eigenvalue weighted by Gasteiger charge is -2.35. The van der Waals surface area contributed by atoms with E-state index in [9.17, 15) is 22.9 Å². The van der Waals surface area contributed by atoms with Gasteiger partial charge in [0.2, 0.25) is 0 Å². The number of nitrogens with zero attached hydrogens (tertiary/aromatic N) is 2. The fourth-order valence-corrected chi connectivity index (χ4v) is 5.14. The summed E-state index contributed by atoms with van der Waals surface area (Å²) in [6, 6.07) is 8.68. The lowest BCUT2D eigenvalue weighted by atomic mass is 9.86. The monoisotopic (exact) mass is 642 g/mol. The number of amides is 3. The number of halogens is 3. The van der Waals surface area contributed by atoms with Crippen LogP contribution in [0.3, 0.4) is 0 Å². The second-order valence-corrected chi connectivity index (χ2v) is 12.6. The van der Waals surface area contributed by atoms with Crippen LogP contribution in [-0.4, -0.2) is 62.5 Å². The van der Waals surface area contributed by atoms with Gasteiger partial charge in [0.05, 0.1) is 17.7 Å². The minimum Gasteiger partial charge on any atom is -0.447 e. The number of rotatable bonds is 13. The van der Waals surface area contributed by atoms with E-state index in [-0.39, 0.29) is 37.0 Å². The molecule has 0 saturated heterocycles. The highest BCUT2D eigenvalue weighted by atomic mass is 35.5. The van der Waals surface area contributed by atoms with E-state index in [1.807, 2.05) is 0 Å². The Kier molecular flexibility index (Phi) is 11.8. The van der Waals surface area contributed by atoms with Crippen molar-refractivity contribution in [2.75, 3.05) is 39.8 Å². The number of pyridine rings is 1. The number of hydrogen-bond donors (Lipinski definition) is 2. The third-order valence-electron chi connectivity index (χ3n) is 6.50. The van der Waals surface area contributed by atoms with Crippen LogP contribution < -0.4 is 10.6 Å². The minimum absolute atomic E-state index is 0.0561. The zero-order valence-corrected chi connectivity index (χ0v) is 26.0. The molecule has 1 atom stereocenters. The highest BCUT2D eigenvalue weighted by Crippen LogP contribution is 2.49. The quantitative estimate of drug-likeness (QED) is 0.196. The Morgan fingerprint density at radius 1 is 1.12 bits per heavy atom. The Morgan fingerprint density at radius 3 is 2.53 bits per heavy atom. The molecule has 3 rings (SSSR count). The molecule has 1 heterocycles. The van der Waals surface area contributed by atoms with Crippen LogP contribution in [-0.2, 0) is 29.4 Å². The largest absolute Gasteiger partial charge is 0.474 e. The smallest absolute Gasteiger partial charge is 0.447 e. The van der Waals surface area contributed by atoms with E-state index < -0.39 is 43.0 Å². The van der Waals surface area contributed by atoms with E-state index in [1.54, 1.807) is 26.0 Å². The van der Waals surface area contributed by atoms with Gasteiger partial charge in [0.25, 0.3) is 0 Å². The molecule has 3 amide bonds. The molecule has 0 spiro atoms. The van der Waals surface area contributed by atoms with Crippen molar-refractivity contribution in [3.05, 3.63) is 70.9 Å². The molecule has 43 heavy (non-hydrogen) atoms. The zero-order chi connectivity index (χ0) is 31.8. The summed E-state index contributed by atoms with van der Waals surface area (Å²) >= 11 is 6.01. The van der Waals surface area contributed by atoms with E-state index in [0.717, 1.165) is 0 Å². The number of anilines is 1. The first-order chi connectivity index (χ1) is 20.3. The maximum Gasteiger partial charge on any atom is 0.474 e. The summed E-state index contributed by atoms with van der Waals surface area (Å²) in [5.74, 6) is -0.910. The maximum atomic E-state index is 13.8. The number of hydrogen-bond acceptors (Lipinski definition) is 8.